The van der Waals surface area contributed by atoms with Gasteiger partial charge in [-0.25, -0.2) is 4.57 Å². The Hall–Kier alpha value is -3.31. The van der Waals surface area contributed by atoms with Crippen LogP contribution in [0.25, 0.3) is 0 Å². The maximum atomic E-state index is 14.9. The van der Waals surface area contributed by atoms with E-state index >= 15 is 0 Å². The van der Waals surface area contributed by atoms with Gasteiger partial charge in [0.05, 0.1) is 13.2 Å². The Morgan fingerprint density at radius 3 is 1.04 bits per heavy atom. The second kappa shape index (κ2) is 69.1. The normalized spacial score (nSPS) is 25.3. The highest BCUT2D eigenvalue weighted by Crippen LogP contribution is 2.49. The number of aliphatic hydroxyl groups is 9. The van der Waals surface area contributed by atoms with E-state index in [2.05, 4.69) is 64.2 Å². The van der Waals surface area contributed by atoms with Crippen LogP contribution in [0.3, 0.4) is 0 Å². The minimum atomic E-state index is -5.81. The van der Waals surface area contributed by atoms with Gasteiger partial charge >= 0.3 is 31.7 Å². The molecule has 3 aliphatic rings. The summed E-state index contributed by atoms with van der Waals surface area (Å²) in [4.78, 5) is 66.4. The molecule has 0 aromatic carbocycles. The largest absolute Gasteiger partial charge is 0.472 e. The van der Waals surface area contributed by atoms with Gasteiger partial charge in [-0.05, 0) is 103 Å². The second-order valence-corrected chi connectivity index (χ2v) is 34.2. The Kier molecular flexibility index (Phi) is 63.7. The van der Waals surface area contributed by atoms with Crippen molar-refractivity contribution in [3.63, 3.8) is 0 Å². The number of hydrogen-bond acceptors (Lipinski definition) is 24. The van der Waals surface area contributed by atoms with Crippen LogP contribution >= 0.6 is 7.82 Å². The summed E-state index contributed by atoms with van der Waals surface area (Å²) in [6.45, 7) is 5.53. The fourth-order valence-electron chi connectivity index (χ4n) is 14.9. The highest BCUT2D eigenvalue weighted by atomic mass is 31.2. The fraction of sp³-hybridized carbons (Fsp3) is 0.889. The highest BCUT2D eigenvalue weighted by molar-refractivity contribution is 7.47. The van der Waals surface area contributed by atoms with Crippen molar-refractivity contribution in [2.24, 2.45) is 0 Å². The van der Waals surface area contributed by atoms with Crippen LogP contribution in [0.5, 0.6) is 0 Å². The molecule has 3 fully saturated rings. The zero-order chi connectivity index (χ0) is 84.7. The van der Waals surface area contributed by atoms with Crippen LogP contribution < -0.4 is 0 Å². The van der Waals surface area contributed by atoms with Gasteiger partial charge in [-0.1, -0.05) is 289 Å². The van der Waals surface area contributed by atoms with Gasteiger partial charge in [0.25, 0.3) is 0 Å². The molecule has 0 aromatic rings. The lowest BCUT2D eigenvalue weighted by Gasteiger charge is -2.50. The first-order chi connectivity index (χ1) is 56.2. The first-order valence-corrected chi connectivity index (χ1v) is 47.7. The van der Waals surface area contributed by atoms with Crippen molar-refractivity contribution in [1.29, 1.82) is 0 Å². The molecule has 25 nitrogen and oxygen atoms in total. The maximum Gasteiger partial charge on any atom is 0.472 e. The van der Waals surface area contributed by atoms with Crippen LogP contribution in [0, 0.1) is 0 Å². The molecule has 1 saturated carbocycles. The number of carbonyl (C=O) groups excluding carboxylic acids is 4. The molecule has 0 radical (unpaired) electrons. The monoisotopic (exact) mass is 1680 g/mol. The molecule has 2 heterocycles. The van der Waals surface area contributed by atoms with Gasteiger partial charge in [0, 0.05) is 25.7 Å². The third kappa shape index (κ3) is 49.1. The molecule has 26 heteroatoms. The Labute approximate surface area is 697 Å². The maximum absolute atomic E-state index is 14.9. The summed E-state index contributed by atoms with van der Waals surface area (Å²) in [6.07, 6.45) is 30.1. The number of phosphoric ester groups is 1. The van der Waals surface area contributed by atoms with Gasteiger partial charge in [-0.3, -0.25) is 28.2 Å². The zero-order valence-electron chi connectivity index (χ0n) is 72.0. The molecule has 1 aliphatic carbocycles. The fourth-order valence-corrected chi connectivity index (χ4v) is 15.9. The van der Waals surface area contributed by atoms with E-state index in [-0.39, 0.29) is 32.1 Å². The number of ether oxygens (including phenoxy) is 8. The van der Waals surface area contributed by atoms with Crippen molar-refractivity contribution < 1.29 is 122 Å². The van der Waals surface area contributed by atoms with E-state index in [1.165, 1.54) is 148 Å². The van der Waals surface area contributed by atoms with Crippen molar-refractivity contribution in [3.05, 3.63) is 36.5 Å². The molecule has 18 unspecified atom stereocenters. The van der Waals surface area contributed by atoms with Crippen LogP contribution in [0.2, 0.25) is 0 Å². The standard InChI is InChI=1S/C90H163O25P/c1-5-9-13-17-21-25-29-33-35-37-41-45-48-52-56-60-64-75(94)109-70(67-106-73(92)62-58-54-50-46-42-38-31-27-23-19-15-11-7-3)68-108-116(104,105)115-88-86(113-89-83(102)79(98)77(96)71(66-91)110-89)82(101)81(100)85(112-76(95)65-61-57-53-49-44-39-32-28-24-20-16-12-8-4)87(88)114-90-84(103)80(99)78(97)72(111-90)69-107-74(93)63-59-55-51-47-43-40-36-34-30-26-22-18-14-10-6-2/h26,30,38-39,42,44,70-72,77-91,96-103H,5-25,27-29,31-37,40-41,43,45-69H2,1-4H3,(H,104,105)/b30-26-,42-38-,44-39-. The van der Waals surface area contributed by atoms with Crippen LogP contribution in [0.1, 0.15) is 381 Å². The molecule has 678 valence electrons. The lowest BCUT2D eigenvalue weighted by Crippen LogP contribution is -2.70. The quantitative estimate of drug-likeness (QED) is 0.00889. The molecule has 0 aromatic heterocycles. The lowest BCUT2D eigenvalue weighted by atomic mass is 9.84. The van der Waals surface area contributed by atoms with E-state index in [1.807, 2.05) is 0 Å². The molecule has 0 spiro atoms. The summed E-state index contributed by atoms with van der Waals surface area (Å²) in [5.74, 6) is -3.01. The SMILES string of the molecule is CCCCCC/C=C\CCCCCCCCCC(=O)OCC1OC(OC2C(OC(=O)CCCCC/C=C\CCCCCCCC)C(O)C(O)C(OC3OC(CO)C(O)C(O)C3O)C2OP(=O)(O)OCC(COC(=O)CCCCC/C=C\CCCCCCCC)OC(=O)CCCCCCCCCCCCCCCCCC)C(O)C(O)C1O. The zero-order valence-corrected chi connectivity index (χ0v) is 72.9. The number of unbranched alkanes of at least 4 members (excludes halogenated alkanes) is 44. The summed E-state index contributed by atoms with van der Waals surface area (Å²) in [6, 6.07) is 0. The van der Waals surface area contributed by atoms with Crippen LogP contribution in [-0.2, 0) is 70.7 Å². The van der Waals surface area contributed by atoms with Gasteiger partial charge in [0.1, 0.15) is 92.6 Å². The Morgan fingerprint density at radius 2 is 0.647 bits per heavy atom. The van der Waals surface area contributed by atoms with Crippen molar-refractivity contribution >= 4 is 31.7 Å². The van der Waals surface area contributed by atoms with Crippen molar-refractivity contribution in [1.82, 2.24) is 0 Å². The number of esters is 4. The minimum Gasteiger partial charge on any atom is -0.463 e. The lowest BCUT2D eigenvalue weighted by molar-refractivity contribution is -0.360. The number of phosphoric acid groups is 1. The van der Waals surface area contributed by atoms with Crippen LogP contribution in [0.4, 0.5) is 0 Å². The van der Waals surface area contributed by atoms with Crippen molar-refractivity contribution in [2.75, 3.05) is 26.4 Å². The summed E-state index contributed by atoms with van der Waals surface area (Å²) in [7, 11) is -5.81. The molecular weight excluding hydrogens is 1510 g/mol. The molecular formula is C90H163O25P. The third-order valence-electron chi connectivity index (χ3n) is 22.3. The predicted octanol–water partition coefficient (Wildman–Crippen LogP) is 16.7. The van der Waals surface area contributed by atoms with E-state index < -0.39 is 162 Å². The van der Waals surface area contributed by atoms with Gasteiger partial charge in [0.15, 0.2) is 24.8 Å². The topological polar surface area (TPSA) is 380 Å². The smallest absolute Gasteiger partial charge is 0.463 e. The molecule has 10 N–H and O–H groups in total. The molecule has 116 heavy (non-hydrogen) atoms. The molecule has 0 amide bonds. The summed E-state index contributed by atoms with van der Waals surface area (Å²) < 4.78 is 73.3. The number of carbonyl (C=O) groups is 4. The van der Waals surface area contributed by atoms with Crippen LogP contribution in [0.15, 0.2) is 36.5 Å². The second-order valence-electron chi connectivity index (χ2n) is 32.8. The van der Waals surface area contributed by atoms with Crippen LogP contribution in [-0.4, -0.2) is 205 Å². The number of hydrogen-bond donors (Lipinski definition) is 10. The highest BCUT2D eigenvalue weighted by Gasteiger charge is 2.60. The Morgan fingerprint density at radius 1 is 0.336 bits per heavy atom. The average molecular weight is 1680 g/mol. The number of rotatable bonds is 74. The van der Waals surface area contributed by atoms with E-state index in [0.717, 1.165) is 141 Å². The summed E-state index contributed by atoms with van der Waals surface area (Å²) >= 11 is 0. The predicted molar refractivity (Wildman–Crippen MR) is 449 cm³/mol. The van der Waals surface area contributed by atoms with Gasteiger partial charge in [-0.2, -0.15) is 0 Å². The Balaban J connectivity index is 1.92. The summed E-state index contributed by atoms with van der Waals surface area (Å²) in [5, 5.41) is 102. The number of aliphatic hydroxyl groups excluding tert-OH is 9. The minimum absolute atomic E-state index is 0.00653. The average Bonchev–Trinajstić information content (AvgIpc) is 0.754. The molecule has 18 atom stereocenters. The van der Waals surface area contributed by atoms with Gasteiger partial charge in [0.2, 0.25) is 0 Å². The van der Waals surface area contributed by atoms with Gasteiger partial charge < -0.3 is 88.7 Å². The molecule has 3 rings (SSSR count). The van der Waals surface area contributed by atoms with E-state index in [4.69, 9.17) is 46.9 Å². The van der Waals surface area contributed by atoms with Crippen molar-refractivity contribution in [2.45, 2.75) is 485 Å². The molecule has 0 bridgehead atoms. The third-order valence-corrected chi connectivity index (χ3v) is 23.3. The number of allylic oxidation sites excluding steroid dienone is 6. The van der Waals surface area contributed by atoms with Gasteiger partial charge in [-0.15, -0.1) is 0 Å². The molecule has 2 saturated heterocycles. The first kappa shape index (κ1) is 107. The van der Waals surface area contributed by atoms with Crippen molar-refractivity contribution in [3.8, 4) is 0 Å². The molecule has 2 aliphatic heterocycles. The Bertz CT molecular complexity index is 2560. The summed E-state index contributed by atoms with van der Waals surface area (Å²) in [5.41, 5.74) is 0. The van der Waals surface area contributed by atoms with E-state index in [0.29, 0.717) is 32.1 Å². The first-order valence-electron chi connectivity index (χ1n) is 46.2. The van der Waals surface area contributed by atoms with E-state index in [9.17, 15) is 74.6 Å². The van der Waals surface area contributed by atoms with E-state index in [1.54, 1.807) is 0 Å².